The lowest BCUT2D eigenvalue weighted by molar-refractivity contribution is -0.118. The number of carbonyl (C=O) groups excluding carboxylic acids is 1. The minimum atomic E-state index is -3.49. The smallest absolute Gasteiger partial charge is 0.262 e. The van der Waals surface area contributed by atoms with Crippen molar-refractivity contribution in [3.05, 3.63) is 53.8 Å². The number of benzene rings is 2. The van der Waals surface area contributed by atoms with Crippen LogP contribution in [0.4, 0.5) is 10.1 Å². The average Bonchev–Trinajstić information content (AvgIpc) is 3.16. The van der Waals surface area contributed by atoms with Gasteiger partial charge in [-0.3, -0.25) is 4.79 Å². The van der Waals surface area contributed by atoms with Gasteiger partial charge in [0.2, 0.25) is 10.0 Å². The van der Waals surface area contributed by atoms with Crippen LogP contribution in [0, 0.1) is 12.7 Å². The van der Waals surface area contributed by atoms with E-state index in [1.165, 1.54) is 28.6 Å². The molecule has 6 nitrogen and oxygen atoms in total. The van der Waals surface area contributed by atoms with Gasteiger partial charge in [-0.15, -0.1) is 0 Å². The van der Waals surface area contributed by atoms with E-state index in [1.54, 1.807) is 25.1 Å². The standard InChI is InChI=1S/C19H21FN2O4S/c1-14-11-17(27(24,25)22-9-2-3-10-22)7-8-18(14)26-13-19(23)21-16-6-4-5-15(20)12-16/h4-8,11-12H,2-3,9-10,13H2,1H3,(H,21,23). The molecule has 0 aromatic heterocycles. The Morgan fingerprint density at radius 2 is 1.93 bits per heavy atom. The van der Waals surface area contributed by atoms with E-state index in [4.69, 9.17) is 4.74 Å². The summed E-state index contributed by atoms with van der Waals surface area (Å²) in [5.41, 5.74) is 0.959. The Kier molecular flexibility index (Phi) is 5.76. The fourth-order valence-corrected chi connectivity index (χ4v) is 4.53. The van der Waals surface area contributed by atoms with Crippen molar-refractivity contribution in [2.75, 3.05) is 25.0 Å². The predicted molar refractivity (Wildman–Crippen MR) is 99.7 cm³/mol. The number of hydrogen-bond acceptors (Lipinski definition) is 4. The fraction of sp³-hybridized carbons (Fsp3) is 0.316. The average molecular weight is 392 g/mol. The maximum atomic E-state index is 13.1. The molecule has 27 heavy (non-hydrogen) atoms. The number of nitrogens with one attached hydrogen (secondary N) is 1. The highest BCUT2D eigenvalue weighted by Gasteiger charge is 2.27. The Morgan fingerprint density at radius 3 is 2.59 bits per heavy atom. The third kappa shape index (κ3) is 4.64. The van der Waals surface area contributed by atoms with E-state index in [0.717, 1.165) is 12.8 Å². The zero-order valence-electron chi connectivity index (χ0n) is 14.9. The monoisotopic (exact) mass is 392 g/mol. The maximum absolute atomic E-state index is 13.1. The Bertz CT molecular complexity index is 940. The molecule has 1 aliphatic rings. The van der Waals surface area contributed by atoms with Gasteiger partial charge in [-0.1, -0.05) is 6.07 Å². The van der Waals surface area contributed by atoms with E-state index in [2.05, 4.69) is 5.32 Å². The van der Waals surface area contributed by atoms with Crippen LogP contribution in [-0.4, -0.2) is 38.3 Å². The van der Waals surface area contributed by atoms with E-state index in [-0.39, 0.29) is 11.5 Å². The third-order valence-corrected chi connectivity index (χ3v) is 6.21. The molecule has 0 radical (unpaired) electrons. The molecule has 1 amide bonds. The number of amides is 1. The summed E-state index contributed by atoms with van der Waals surface area (Å²) in [5.74, 6) is -0.460. The highest BCUT2D eigenvalue weighted by atomic mass is 32.2. The van der Waals surface area contributed by atoms with Gasteiger partial charge in [0, 0.05) is 18.8 Å². The van der Waals surface area contributed by atoms with Crippen molar-refractivity contribution in [3.8, 4) is 5.75 Å². The second kappa shape index (κ2) is 8.06. The number of hydrogen-bond donors (Lipinski definition) is 1. The van der Waals surface area contributed by atoms with Crippen molar-refractivity contribution < 1.29 is 22.3 Å². The van der Waals surface area contributed by atoms with E-state index in [9.17, 15) is 17.6 Å². The summed E-state index contributed by atoms with van der Waals surface area (Å²) in [5, 5.41) is 2.54. The molecule has 1 aliphatic heterocycles. The van der Waals surface area contributed by atoms with Crippen LogP contribution in [0.2, 0.25) is 0 Å². The molecule has 0 atom stereocenters. The maximum Gasteiger partial charge on any atom is 0.262 e. The Labute approximate surface area is 158 Å². The summed E-state index contributed by atoms with van der Waals surface area (Å²) in [4.78, 5) is 12.2. The van der Waals surface area contributed by atoms with E-state index in [0.29, 0.717) is 30.1 Å². The molecule has 0 spiro atoms. The topological polar surface area (TPSA) is 75.7 Å². The number of carbonyl (C=O) groups is 1. The first-order chi connectivity index (χ1) is 12.9. The number of aryl methyl sites for hydroxylation is 1. The first-order valence-electron chi connectivity index (χ1n) is 8.65. The van der Waals surface area contributed by atoms with Crippen LogP contribution in [0.3, 0.4) is 0 Å². The molecule has 2 aromatic rings. The first kappa shape index (κ1) is 19.3. The SMILES string of the molecule is Cc1cc(S(=O)(=O)N2CCCC2)ccc1OCC(=O)Nc1cccc(F)c1. The molecule has 0 aliphatic carbocycles. The third-order valence-electron chi connectivity index (χ3n) is 4.32. The van der Waals surface area contributed by atoms with E-state index >= 15 is 0 Å². The van der Waals surface area contributed by atoms with Crippen molar-refractivity contribution in [3.63, 3.8) is 0 Å². The number of halogens is 1. The summed E-state index contributed by atoms with van der Waals surface area (Å²) >= 11 is 0. The Balaban J connectivity index is 1.63. The van der Waals surface area contributed by atoms with Gasteiger partial charge in [0.1, 0.15) is 11.6 Å². The molecule has 0 saturated carbocycles. The van der Waals surface area contributed by atoms with Crippen molar-refractivity contribution >= 4 is 21.6 Å². The van der Waals surface area contributed by atoms with Crippen LogP contribution in [-0.2, 0) is 14.8 Å². The lowest BCUT2D eigenvalue weighted by Gasteiger charge is -2.17. The van der Waals surface area contributed by atoms with Gasteiger partial charge in [0.15, 0.2) is 6.61 Å². The van der Waals surface area contributed by atoms with Crippen LogP contribution in [0.15, 0.2) is 47.4 Å². The minimum absolute atomic E-state index is 0.221. The molecule has 8 heteroatoms. The molecule has 1 saturated heterocycles. The highest BCUT2D eigenvalue weighted by Crippen LogP contribution is 2.26. The summed E-state index contributed by atoms with van der Waals surface area (Å²) in [7, 11) is -3.49. The second-order valence-corrected chi connectivity index (χ2v) is 8.32. The summed E-state index contributed by atoms with van der Waals surface area (Å²) in [6, 6.07) is 10.1. The predicted octanol–water partition coefficient (Wildman–Crippen LogP) is 2.94. The fourth-order valence-electron chi connectivity index (χ4n) is 2.93. The number of sulfonamides is 1. The van der Waals surface area contributed by atoms with Gasteiger partial charge >= 0.3 is 0 Å². The Morgan fingerprint density at radius 1 is 1.19 bits per heavy atom. The summed E-state index contributed by atoms with van der Waals surface area (Å²) in [6.45, 7) is 2.54. The van der Waals surface area contributed by atoms with Crippen molar-refractivity contribution in [2.45, 2.75) is 24.7 Å². The van der Waals surface area contributed by atoms with Crippen molar-refractivity contribution in [1.82, 2.24) is 4.31 Å². The van der Waals surface area contributed by atoms with Gasteiger partial charge in [-0.25, -0.2) is 12.8 Å². The zero-order chi connectivity index (χ0) is 19.4. The van der Waals surface area contributed by atoms with Crippen LogP contribution < -0.4 is 10.1 Å². The van der Waals surface area contributed by atoms with Gasteiger partial charge in [-0.2, -0.15) is 4.31 Å². The summed E-state index contributed by atoms with van der Waals surface area (Å²) in [6.07, 6.45) is 1.75. The first-order valence-corrected chi connectivity index (χ1v) is 10.1. The molecule has 2 aromatic carbocycles. The molecule has 144 valence electrons. The lowest BCUT2D eigenvalue weighted by atomic mass is 10.2. The van der Waals surface area contributed by atoms with E-state index < -0.39 is 21.7 Å². The number of nitrogens with zero attached hydrogens (tertiary/aromatic N) is 1. The van der Waals surface area contributed by atoms with Gasteiger partial charge in [0.05, 0.1) is 4.90 Å². The van der Waals surface area contributed by atoms with Crippen LogP contribution in [0.25, 0.3) is 0 Å². The minimum Gasteiger partial charge on any atom is -0.483 e. The Hall–Kier alpha value is -2.45. The van der Waals surface area contributed by atoms with Crippen LogP contribution >= 0.6 is 0 Å². The molecule has 3 rings (SSSR count). The van der Waals surface area contributed by atoms with Gasteiger partial charge < -0.3 is 10.1 Å². The number of rotatable bonds is 6. The highest BCUT2D eigenvalue weighted by molar-refractivity contribution is 7.89. The zero-order valence-corrected chi connectivity index (χ0v) is 15.8. The van der Waals surface area contributed by atoms with Gasteiger partial charge in [0.25, 0.3) is 5.91 Å². The lowest BCUT2D eigenvalue weighted by Crippen LogP contribution is -2.27. The van der Waals surface area contributed by atoms with Crippen molar-refractivity contribution in [1.29, 1.82) is 0 Å². The molecule has 1 fully saturated rings. The van der Waals surface area contributed by atoms with Gasteiger partial charge in [-0.05, 0) is 61.7 Å². The molecular weight excluding hydrogens is 371 g/mol. The largest absolute Gasteiger partial charge is 0.483 e. The summed E-state index contributed by atoms with van der Waals surface area (Å²) < 4.78 is 45.3. The van der Waals surface area contributed by atoms with Crippen LogP contribution in [0.5, 0.6) is 5.75 Å². The molecule has 1 N–H and O–H groups in total. The van der Waals surface area contributed by atoms with Crippen LogP contribution in [0.1, 0.15) is 18.4 Å². The number of ether oxygens (including phenoxy) is 1. The second-order valence-electron chi connectivity index (χ2n) is 6.39. The van der Waals surface area contributed by atoms with E-state index in [1.807, 2.05) is 0 Å². The molecule has 1 heterocycles. The normalized spacial score (nSPS) is 14.9. The molecular formula is C19H21FN2O4S. The molecule has 0 bridgehead atoms. The quantitative estimate of drug-likeness (QED) is 0.820. The molecule has 0 unspecified atom stereocenters. The number of anilines is 1. The van der Waals surface area contributed by atoms with Crippen molar-refractivity contribution in [2.24, 2.45) is 0 Å².